The number of rotatable bonds is 7. The van der Waals surface area contributed by atoms with Gasteiger partial charge in [0, 0.05) is 18.1 Å². The van der Waals surface area contributed by atoms with Crippen molar-refractivity contribution in [2.75, 3.05) is 29.3 Å². The number of likely N-dealkylation sites (tertiary alicyclic amines) is 1. The van der Waals surface area contributed by atoms with E-state index in [0.29, 0.717) is 29.4 Å². The third kappa shape index (κ3) is 5.61. The molecule has 2 amide bonds. The molecule has 3 aromatic rings. The second-order valence-electron chi connectivity index (χ2n) is 8.01. The number of halogens is 2. The lowest BCUT2D eigenvalue weighted by molar-refractivity contribution is -0.114. The number of sulfonamides is 1. The molecule has 10 heteroatoms. The van der Waals surface area contributed by atoms with E-state index in [1.807, 2.05) is 0 Å². The maximum absolute atomic E-state index is 13.5. The van der Waals surface area contributed by atoms with Crippen LogP contribution in [0, 0.1) is 0 Å². The number of para-hydroxylation sites is 1. The van der Waals surface area contributed by atoms with Gasteiger partial charge in [-0.25, -0.2) is 8.42 Å². The van der Waals surface area contributed by atoms with Crippen molar-refractivity contribution in [2.45, 2.75) is 17.7 Å². The van der Waals surface area contributed by atoms with Gasteiger partial charge < -0.3 is 10.2 Å². The zero-order valence-electron chi connectivity index (χ0n) is 18.7. The van der Waals surface area contributed by atoms with Crippen molar-refractivity contribution in [3.8, 4) is 0 Å². The number of hydrogen-bond acceptors (Lipinski definition) is 4. The molecule has 1 saturated heterocycles. The summed E-state index contributed by atoms with van der Waals surface area (Å²) in [6.07, 6.45) is 1.88. The fraction of sp³-hybridized carbons (Fsp3) is 0.200. The number of hydrogen-bond donors (Lipinski definition) is 1. The van der Waals surface area contributed by atoms with Crippen molar-refractivity contribution >= 4 is 56.4 Å². The summed E-state index contributed by atoms with van der Waals surface area (Å²) in [5.74, 6) is -0.801. The average molecular weight is 532 g/mol. The van der Waals surface area contributed by atoms with Crippen LogP contribution in [-0.2, 0) is 14.8 Å². The van der Waals surface area contributed by atoms with Crippen LogP contribution in [0.25, 0.3) is 0 Å². The molecule has 35 heavy (non-hydrogen) atoms. The Bertz CT molecular complexity index is 1340. The minimum Gasteiger partial charge on any atom is -0.339 e. The summed E-state index contributed by atoms with van der Waals surface area (Å²) in [6.45, 7) is 0.767. The highest BCUT2D eigenvalue weighted by atomic mass is 35.5. The number of anilines is 2. The predicted octanol–water partition coefficient (Wildman–Crippen LogP) is 5.06. The largest absolute Gasteiger partial charge is 0.339 e. The molecule has 1 N–H and O–H groups in total. The van der Waals surface area contributed by atoms with Gasteiger partial charge in [-0.2, -0.15) is 0 Å². The topological polar surface area (TPSA) is 86.8 Å². The molecule has 0 saturated carbocycles. The molecule has 4 rings (SSSR count). The minimum atomic E-state index is -4.15. The first-order valence-electron chi connectivity index (χ1n) is 11.0. The van der Waals surface area contributed by atoms with Gasteiger partial charge in [0.2, 0.25) is 5.91 Å². The molecule has 0 unspecified atom stereocenters. The van der Waals surface area contributed by atoms with E-state index in [4.69, 9.17) is 23.2 Å². The molecule has 1 fully saturated rings. The molecule has 1 aliphatic heterocycles. The van der Waals surface area contributed by atoms with Crippen LogP contribution in [0.3, 0.4) is 0 Å². The van der Waals surface area contributed by atoms with E-state index in [9.17, 15) is 18.0 Å². The SMILES string of the molecule is O=C(CN(c1ccc(Cl)cc1Cl)S(=O)(=O)c1ccccc1)Nc1ccccc1C(=O)N1CCCC1. The van der Waals surface area contributed by atoms with Gasteiger partial charge >= 0.3 is 0 Å². The molecular weight excluding hydrogens is 509 g/mol. The summed E-state index contributed by atoms with van der Waals surface area (Å²) in [7, 11) is -4.15. The van der Waals surface area contributed by atoms with Gasteiger partial charge in [0.25, 0.3) is 15.9 Å². The van der Waals surface area contributed by atoms with Crippen LogP contribution in [-0.4, -0.2) is 44.8 Å². The van der Waals surface area contributed by atoms with Gasteiger partial charge in [0.15, 0.2) is 0 Å². The Kier molecular flexibility index (Phi) is 7.64. The van der Waals surface area contributed by atoms with Gasteiger partial charge in [0.05, 0.1) is 26.9 Å². The third-order valence-corrected chi connectivity index (χ3v) is 7.93. The summed E-state index contributed by atoms with van der Waals surface area (Å²) in [4.78, 5) is 27.8. The highest BCUT2D eigenvalue weighted by Gasteiger charge is 2.29. The smallest absolute Gasteiger partial charge is 0.264 e. The number of nitrogens with zero attached hydrogens (tertiary/aromatic N) is 2. The minimum absolute atomic E-state index is 0.00317. The van der Waals surface area contributed by atoms with Crippen LogP contribution in [0.2, 0.25) is 10.0 Å². The maximum atomic E-state index is 13.5. The molecule has 0 atom stereocenters. The molecule has 0 spiro atoms. The van der Waals surface area contributed by atoms with Crippen molar-refractivity contribution in [3.63, 3.8) is 0 Å². The molecular formula is C25H23Cl2N3O4S. The first-order valence-corrected chi connectivity index (χ1v) is 13.2. The van der Waals surface area contributed by atoms with E-state index < -0.39 is 22.5 Å². The van der Waals surface area contributed by atoms with Gasteiger partial charge in [-0.1, -0.05) is 53.5 Å². The molecule has 7 nitrogen and oxygen atoms in total. The summed E-state index contributed by atoms with van der Waals surface area (Å²) in [5, 5.41) is 3.11. The van der Waals surface area contributed by atoms with Crippen LogP contribution in [0.4, 0.5) is 11.4 Å². The maximum Gasteiger partial charge on any atom is 0.264 e. The fourth-order valence-electron chi connectivity index (χ4n) is 3.89. The highest BCUT2D eigenvalue weighted by Crippen LogP contribution is 2.32. The number of amides is 2. The third-order valence-electron chi connectivity index (χ3n) is 5.62. The van der Waals surface area contributed by atoms with Crippen molar-refractivity contribution in [1.29, 1.82) is 0 Å². The number of carbonyl (C=O) groups is 2. The normalized spacial score (nSPS) is 13.5. The van der Waals surface area contributed by atoms with Crippen molar-refractivity contribution in [2.24, 2.45) is 0 Å². The lowest BCUT2D eigenvalue weighted by Crippen LogP contribution is -2.38. The Morgan fingerprint density at radius 1 is 0.914 bits per heavy atom. The Morgan fingerprint density at radius 2 is 1.57 bits per heavy atom. The zero-order valence-corrected chi connectivity index (χ0v) is 21.0. The van der Waals surface area contributed by atoms with Gasteiger partial charge in [0.1, 0.15) is 6.54 Å². The standard InChI is InChI=1S/C25H23Cl2N3O4S/c26-18-12-13-23(21(27)16-18)30(35(33,34)19-8-2-1-3-9-19)17-24(31)28-22-11-5-4-10-20(22)25(32)29-14-6-7-15-29/h1-5,8-13,16H,6-7,14-15,17H2,(H,28,31). The molecule has 0 bridgehead atoms. The summed E-state index contributed by atoms with van der Waals surface area (Å²) >= 11 is 12.3. The summed E-state index contributed by atoms with van der Waals surface area (Å²) < 4.78 is 27.9. The van der Waals surface area contributed by atoms with Crippen LogP contribution in [0.5, 0.6) is 0 Å². The van der Waals surface area contributed by atoms with E-state index in [1.54, 1.807) is 47.4 Å². The van der Waals surface area contributed by atoms with Crippen molar-refractivity contribution in [1.82, 2.24) is 4.90 Å². The molecule has 1 heterocycles. The van der Waals surface area contributed by atoms with E-state index in [0.717, 1.165) is 17.1 Å². The lowest BCUT2D eigenvalue weighted by Gasteiger charge is -2.25. The second kappa shape index (κ2) is 10.7. The van der Waals surface area contributed by atoms with Crippen LogP contribution >= 0.6 is 23.2 Å². The molecule has 1 aliphatic rings. The van der Waals surface area contributed by atoms with Gasteiger partial charge in [-0.05, 0) is 55.3 Å². The van der Waals surface area contributed by atoms with E-state index in [1.165, 1.54) is 30.3 Å². The van der Waals surface area contributed by atoms with Crippen molar-refractivity contribution in [3.05, 3.63) is 88.4 Å². The average Bonchev–Trinajstić information content (AvgIpc) is 3.38. The summed E-state index contributed by atoms with van der Waals surface area (Å²) in [5.41, 5.74) is 0.773. The van der Waals surface area contributed by atoms with Crippen molar-refractivity contribution < 1.29 is 18.0 Å². The number of benzene rings is 3. The summed E-state index contributed by atoms with van der Waals surface area (Å²) in [6, 6.07) is 18.8. The van der Waals surface area contributed by atoms with E-state index in [2.05, 4.69) is 5.32 Å². The Labute approximate surface area is 214 Å². The quantitative estimate of drug-likeness (QED) is 0.461. The predicted molar refractivity (Wildman–Crippen MR) is 138 cm³/mol. The monoisotopic (exact) mass is 531 g/mol. The van der Waals surface area contributed by atoms with Crippen LogP contribution in [0.15, 0.2) is 77.7 Å². The number of nitrogens with one attached hydrogen (secondary N) is 1. The van der Waals surface area contributed by atoms with Crippen LogP contribution in [0.1, 0.15) is 23.2 Å². The first kappa shape index (κ1) is 25.0. The first-order chi connectivity index (χ1) is 16.8. The molecule has 0 radical (unpaired) electrons. The molecule has 0 aromatic heterocycles. The Hall–Kier alpha value is -3.07. The van der Waals surface area contributed by atoms with Gasteiger partial charge in [-0.3, -0.25) is 13.9 Å². The zero-order chi connectivity index (χ0) is 25.0. The van der Waals surface area contributed by atoms with E-state index in [-0.39, 0.29) is 21.5 Å². The Morgan fingerprint density at radius 3 is 2.26 bits per heavy atom. The van der Waals surface area contributed by atoms with Gasteiger partial charge in [-0.15, -0.1) is 0 Å². The molecule has 0 aliphatic carbocycles. The lowest BCUT2D eigenvalue weighted by atomic mass is 10.1. The fourth-order valence-corrected chi connectivity index (χ4v) is 5.91. The second-order valence-corrected chi connectivity index (χ2v) is 10.7. The van der Waals surface area contributed by atoms with E-state index >= 15 is 0 Å². The number of carbonyl (C=O) groups excluding carboxylic acids is 2. The molecule has 182 valence electrons. The Balaban J connectivity index is 1.65. The molecule has 3 aromatic carbocycles. The highest BCUT2D eigenvalue weighted by molar-refractivity contribution is 7.92. The van der Waals surface area contributed by atoms with Crippen LogP contribution < -0.4 is 9.62 Å².